The van der Waals surface area contributed by atoms with Gasteiger partial charge in [-0.05, 0) is 12.1 Å². The molecule has 5 nitrogen and oxygen atoms in total. The van der Waals surface area contributed by atoms with E-state index in [4.69, 9.17) is 19.5 Å². The van der Waals surface area contributed by atoms with E-state index < -0.39 is 12.4 Å². The van der Waals surface area contributed by atoms with Gasteiger partial charge in [-0.25, -0.2) is 0 Å². The Kier molecular flexibility index (Phi) is 1.63. The highest BCUT2D eigenvalue weighted by atomic mass is 16.7. The highest BCUT2D eigenvalue weighted by Crippen LogP contribution is 2.44. The Morgan fingerprint density at radius 3 is 2.60 bits per heavy atom. The Morgan fingerprint density at radius 2 is 1.93 bits per heavy atom. The molecule has 15 heavy (non-hydrogen) atoms. The van der Waals surface area contributed by atoms with Crippen molar-refractivity contribution in [2.24, 2.45) is 0 Å². The van der Waals surface area contributed by atoms with Gasteiger partial charge in [-0.1, -0.05) is 0 Å². The topological polar surface area (TPSA) is 71.7 Å². The first-order valence-corrected chi connectivity index (χ1v) is 4.46. The van der Waals surface area contributed by atoms with Gasteiger partial charge in [0.05, 0.1) is 6.07 Å². The SMILES string of the molecule is N#CC1OC(O)c2cc3c(cc21)OCO3. The van der Waals surface area contributed by atoms with Crippen LogP contribution < -0.4 is 9.47 Å². The summed E-state index contributed by atoms with van der Waals surface area (Å²) in [5, 5.41) is 18.4. The minimum Gasteiger partial charge on any atom is -0.454 e. The first-order chi connectivity index (χ1) is 7.29. The molecule has 0 radical (unpaired) electrons. The molecule has 0 fully saturated rings. The van der Waals surface area contributed by atoms with E-state index in [2.05, 4.69) is 0 Å². The first-order valence-electron chi connectivity index (χ1n) is 4.46. The molecule has 0 saturated heterocycles. The number of hydrogen-bond donors (Lipinski definition) is 1. The summed E-state index contributed by atoms with van der Waals surface area (Å²) < 4.78 is 15.4. The number of aliphatic hydroxyl groups excluding tert-OH is 1. The number of benzene rings is 1. The molecule has 2 unspecified atom stereocenters. The summed E-state index contributed by atoms with van der Waals surface area (Å²) in [6.07, 6.45) is -1.79. The van der Waals surface area contributed by atoms with E-state index in [9.17, 15) is 5.11 Å². The normalized spacial score (nSPS) is 26.1. The summed E-state index contributed by atoms with van der Waals surface area (Å²) >= 11 is 0. The molecule has 2 aliphatic rings. The maximum absolute atomic E-state index is 9.54. The Balaban J connectivity index is 2.16. The quantitative estimate of drug-likeness (QED) is 0.684. The summed E-state index contributed by atoms with van der Waals surface area (Å²) in [6.45, 7) is 0.173. The molecule has 1 aromatic rings. The number of nitriles is 1. The lowest BCUT2D eigenvalue weighted by atomic mass is 10.0. The molecule has 0 aromatic heterocycles. The number of rotatable bonds is 0. The zero-order chi connectivity index (χ0) is 10.4. The van der Waals surface area contributed by atoms with Crippen LogP contribution in [0.4, 0.5) is 0 Å². The van der Waals surface area contributed by atoms with Crippen LogP contribution in [-0.2, 0) is 4.74 Å². The van der Waals surface area contributed by atoms with Gasteiger partial charge in [0, 0.05) is 11.1 Å². The van der Waals surface area contributed by atoms with Crippen LogP contribution in [0.15, 0.2) is 12.1 Å². The van der Waals surface area contributed by atoms with Crippen molar-refractivity contribution in [1.29, 1.82) is 5.26 Å². The fourth-order valence-corrected chi connectivity index (χ4v) is 1.79. The molecular weight excluding hydrogens is 198 g/mol. The molecule has 5 heteroatoms. The summed E-state index contributed by atoms with van der Waals surface area (Å²) in [5.74, 6) is 1.17. The average Bonchev–Trinajstić information content (AvgIpc) is 2.81. The van der Waals surface area contributed by atoms with Crippen LogP contribution >= 0.6 is 0 Å². The van der Waals surface area contributed by atoms with Crippen molar-refractivity contribution in [3.05, 3.63) is 23.3 Å². The monoisotopic (exact) mass is 205 g/mol. The lowest BCUT2D eigenvalue weighted by molar-refractivity contribution is -0.104. The fourth-order valence-electron chi connectivity index (χ4n) is 1.79. The second kappa shape index (κ2) is 2.86. The number of ether oxygens (including phenoxy) is 3. The minimum atomic E-state index is -1.06. The molecule has 0 amide bonds. The first kappa shape index (κ1) is 8.53. The smallest absolute Gasteiger partial charge is 0.231 e. The van der Waals surface area contributed by atoms with Gasteiger partial charge < -0.3 is 19.3 Å². The van der Waals surface area contributed by atoms with Crippen LogP contribution in [0.3, 0.4) is 0 Å². The van der Waals surface area contributed by atoms with Crippen molar-refractivity contribution < 1.29 is 19.3 Å². The van der Waals surface area contributed by atoms with Gasteiger partial charge in [0.1, 0.15) is 0 Å². The van der Waals surface area contributed by atoms with Crippen LogP contribution in [-0.4, -0.2) is 11.9 Å². The van der Waals surface area contributed by atoms with E-state index in [1.165, 1.54) is 0 Å². The molecule has 0 saturated carbocycles. The highest BCUT2D eigenvalue weighted by Gasteiger charge is 2.33. The van der Waals surface area contributed by atoms with Crippen LogP contribution in [0, 0.1) is 11.3 Å². The molecule has 0 bridgehead atoms. The molecule has 3 rings (SSSR count). The second-order valence-electron chi connectivity index (χ2n) is 3.33. The minimum absolute atomic E-state index is 0.173. The van der Waals surface area contributed by atoms with Gasteiger partial charge in [-0.15, -0.1) is 0 Å². The Labute approximate surface area is 85.4 Å². The van der Waals surface area contributed by atoms with Crippen LogP contribution in [0.5, 0.6) is 11.5 Å². The van der Waals surface area contributed by atoms with Gasteiger partial charge in [0.15, 0.2) is 23.9 Å². The van der Waals surface area contributed by atoms with Crippen LogP contribution in [0.2, 0.25) is 0 Å². The molecule has 2 aliphatic heterocycles. The van der Waals surface area contributed by atoms with Gasteiger partial charge in [-0.2, -0.15) is 5.26 Å². The Hall–Kier alpha value is -1.77. The van der Waals surface area contributed by atoms with E-state index in [0.29, 0.717) is 22.6 Å². The predicted molar refractivity (Wildman–Crippen MR) is 47.0 cm³/mol. The van der Waals surface area contributed by atoms with Gasteiger partial charge in [0.2, 0.25) is 6.79 Å². The Bertz CT molecular complexity index is 465. The molecule has 2 heterocycles. The zero-order valence-electron chi connectivity index (χ0n) is 7.64. The number of nitrogens with zero attached hydrogens (tertiary/aromatic N) is 1. The van der Waals surface area contributed by atoms with Gasteiger partial charge in [-0.3, -0.25) is 0 Å². The number of fused-ring (bicyclic) bond motifs is 2. The van der Waals surface area contributed by atoms with Crippen LogP contribution in [0.1, 0.15) is 23.5 Å². The van der Waals surface area contributed by atoms with E-state index in [1.54, 1.807) is 12.1 Å². The van der Waals surface area contributed by atoms with E-state index >= 15 is 0 Å². The lowest BCUT2D eigenvalue weighted by Gasteiger charge is -2.02. The number of hydrogen-bond acceptors (Lipinski definition) is 5. The van der Waals surface area contributed by atoms with E-state index in [-0.39, 0.29) is 6.79 Å². The molecule has 76 valence electrons. The maximum atomic E-state index is 9.54. The summed E-state index contributed by atoms with van der Waals surface area (Å²) in [7, 11) is 0. The average molecular weight is 205 g/mol. The second-order valence-corrected chi connectivity index (χ2v) is 3.33. The third kappa shape index (κ3) is 1.09. The summed E-state index contributed by atoms with van der Waals surface area (Å²) in [4.78, 5) is 0. The van der Waals surface area contributed by atoms with E-state index in [1.807, 2.05) is 6.07 Å². The highest BCUT2D eigenvalue weighted by molar-refractivity contribution is 5.52. The van der Waals surface area contributed by atoms with Gasteiger partial charge in [0.25, 0.3) is 0 Å². The Morgan fingerprint density at radius 1 is 1.27 bits per heavy atom. The summed E-state index contributed by atoms with van der Waals surface area (Å²) in [5.41, 5.74) is 1.22. The molecule has 2 atom stereocenters. The molecule has 1 aromatic carbocycles. The molecule has 0 aliphatic carbocycles. The van der Waals surface area contributed by atoms with Crippen molar-refractivity contribution in [3.8, 4) is 17.6 Å². The largest absolute Gasteiger partial charge is 0.454 e. The van der Waals surface area contributed by atoms with E-state index in [0.717, 1.165) is 0 Å². The standard InChI is InChI=1S/C10H7NO4/c11-3-9-5-1-7-8(14-4-13-7)2-6(5)10(12)15-9/h1-2,9-10,12H,4H2. The molecular formula is C10H7NO4. The van der Waals surface area contributed by atoms with Crippen molar-refractivity contribution >= 4 is 0 Å². The number of aliphatic hydroxyl groups is 1. The van der Waals surface area contributed by atoms with Gasteiger partial charge >= 0.3 is 0 Å². The third-order valence-electron chi connectivity index (χ3n) is 2.51. The van der Waals surface area contributed by atoms with Crippen molar-refractivity contribution in [2.75, 3.05) is 6.79 Å². The molecule has 1 N–H and O–H groups in total. The zero-order valence-corrected chi connectivity index (χ0v) is 7.64. The van der Waals surface area contributed by atoms with Crippen LogP contribution in [0.25, 0.3) is 0 Å². The molecule has 0 spiro atoms. The van der Waals surface area contributed by atoms with Crippen molar-refractivity contribution in [1.82, 2.24) is 0 Å². The lowest BCUT2D eigenvalue weighted by Crippen LogP contribution is -1.95. The van der Waals surface area contributed by atoms with Crippen molar-refractivity contribution in [3.63, 3.8) is 0 Å². The maximum Gasteiger partial charge on any atom is 0.231 e. The fraction of sp³-hybridized carbons (Fsp3) is 0.300. The van der Waals surface area contributed by atoms with Crippen molar-refractivity contribution in [2.45, 2.75) is 12.4 Å². The predicted octanol–water partition coefficient (Wildman–Crippen LogP) is 1.00. The summed E-state index contributed by atoms with van der Waals surface area (Å²) in [6, 6.07) is 5.30. The third-order valence-corrected chi connectivity index (χ3v) is 2.51.